The summed E-state index contributed by atoms with van der Waals surface area (Å²) in [5, 5.41) is 12.2. The number of carbonyl (C=O) groups excluding carboxylic acids is 3. The van der Waals surface area contributed by atoms with E-state index in [1.54, 1.807) is 54.4 Å². The Morgan fingerprint density at radius 3 is 1.04 bits per heavy atom. The lowest BCUT2D eigenvalue weighted by Crippen LogP contribution is -2.39. The van der Waals surface area contributed by atoms with Crippen LogP contribution in [-0.2, 0) is 74.9 Å². The summed E-state index contributed by atoms with van der Waals surface area (Å²) in [7, 11) is -1.17. The molecule has 7 aromatic rings. The molecule has 4 atom stereocenters. The fourth-order valence-corrected chi connectivity index (χ4v) is 15.7. The number of rotatable bonds is 10. The minimum absolute atomic E-state index is 0.00354. The highest BCUT2D eigenvalue weighted by atomic mass is 79.9. The number of hydrogen-bond donors (Lipinski definition) is 1. The maximum Gasteiger partial charge on any atom is 0.307 e. The van der Waals surface area contributed by atoms with Gasteiger partial charge in [0, 0.05) is 101 Å². The summed E-state index contributed by atoms with van der Waals surface area (Å²) in [5.74, 6) is -0.835. The minimum Gasteiger partial charge on any atom is -0.481 e. The van der Waals surface area contributed by atoms with Gasteiger partial charge in [0.05, 0.1) is 43.8 Å². The standard InChI is InChI=1S/C19H19Cl2NO2S.C19H19Cl2NOS.C18H16BrCl2NO.C8H5BrCl2O2/c1-12-15-6-4-3-5-13(15)7-8-22(12)19(23)11-16-17(20)9-14(25(2)24)10-18(16)21;1-12-15-6-4-3-5-13(15)7-8-22(12)19(23)11-16-17(20)9-14(24-2)10-18(16)21;1-11-14-5-3-2-4-12(14)6-7-22(11)18(23)10-15-16(20)8-13(19)9-17(15)21;9-4-1-6(10)5(3-8(12)13)7(11)2-4/h3-6,9-10,12H,7-8,11H2,1-2H3;3-6,9-10,12H,7-8,11H2,1-2H3;2-5,8-9,11H,6-7,10H2,1H3;1-2H,3H2,(H,12,13)/t12-,25?;12-;11-;/m000./s1. The Morgan fingerprint density at radius 2 is 0.753 bits per heavy atom. The van der Waals surface area contributed by atoms with Crippen LogP contribution >= 0.6 is 136 Å². The Kier molecular flexibility index (Phi) is 25.5. The zero-order valence-electron chi connectivity index (χ0n) is 46.8. The molecule has 0 aromatic heterocycles. The van der Waals surface area contributed by atoms with Crippen LogP contribution in [-0.4, -0.2) is 79.9 Å². The predicted octanol–water partition coefficient (Wildman–Crippen LogP) is 18.7. The number of thioether (sulfide) groups is 1. The van der Waals surface area contributed by atoms with E-state index in [-0.39, 0.29) is 61.5 Å². The van der Waals surface area contributed by atoms with Crippen molar-refractivity contribution in [2.45, 2.75) is 93.6 Å². The summed E-state index contributed by atoms with van der Waals surface area (Å²) in [5.41, 5.74) is 10.0. The number of fused-ring (bicyclic) bond motifs is 3. The van der Waals surface area contributed by atoms with Crippen molar-refractivity contribution in [1.82, 2.24) is 14.7 Å². The zero-order valence-corrected chi connectivity index (χ0v) is 57.6. The van der Waals surface area contributed by atoms with Gasteiger partial charge in [-0.05, 0) is 145 Å². The molecule has 9 nitrogen and oxygen atoms in total. The molecular formula is C64H59Br2Cl8N3O6S2. The molecule has 3 aliphatic rings. The fourth-order valence-electron chi connectivity index (χ4n) is 10.5. The smallest absolute Gasteiger partial charge is 0.307 e. The summed E-state index contributed by atoms with van der Waals surface area (Å²) in [4.78, 5) is 56.2. The molecular weight excluding hydrogens is 1410 g/mol. The van der Waals surface area contributed by atoms with E-state index in [1.807, 2.05) is 70.3 Å². The molecule has 0 radical (unpaired) electrons. The van der Waals surface area contributed by atoms with Gasteiger partial charge in [-0.3, -0.25) is 23.4 Å². The summed E-state index contributed by atoms with van der Waals surface area (Å²) in [6.45, 7) is 8.33. The van der Waals surface area contributed by atoms with E-state index in [9.17, 15) is 23.4 Å². The third-order valence-corrected chi connectivity index (χ3v) is 20.3. The number of aliphatic carboxylic acids is 1. The van der Waals surface area contributed by atoms with Crippen LogP contribution in [0.3, 0.4) is 0 Å². The van der Waals surface area contributed by atoms with Gasteiger partial charge in [-0.25, -0.2) is 0 Å². The normalized spacial score (nSPS) is 16.2. The molecule has 0 fully saturated rings. The second-order valence-electron chi connectivity index (χ2n) is 20.3. The number of amides is 3. The Morgan fingerprint density at radius 1 is 0.482 bits per heavy atom. The summed E-state index contributed by atoms with van der Waals surface area (Å²) in [6, 6.07) is 38.8. The lowest BCUT2D eigenvalue weighted by atomic mass is 9.93. The third kappa shape index (κ3) is 17.8. The Labute approximate surface area is 560 Å². The van der Waals surface area contributed by atoms with Gasteiger partial charge in [-0.15, -0.1) is 11.8 Å². The highest BCUT2D eigenvalue weighted by Crippen LogP contribution is 2.38. The lowest BCUT2D eigenvalue weighted by Gasteiger charge is -2.35. The van der Waals surface area contributed by atoms with E-state index in [0.29, 0.717) is 73.9 Å². The predicted molar refractivity (Wildman–Crippen MR) is 359 cm³/mol. The highest BCUT2D eigenvalue weighted by molar-refractivity contribution is 9.10. The second-order valence-corrected chi connectivity index (χ2v) is 27.7. The van der Waals surface area contributed by atoms with Crippen molar-refractivity contribution in [3.8, 4) is 0 Å². The van der Waals surface area contributed by atoms with E-state index < -0.39 is 16.8 Å². The van der Waals surface area contributed by atoms with Crippen LogP contribution in [0.15, 0.2) is 140 Å². The molecule has 0 aliphatic carbocycles. The molecule has 10 rings (SSSR count). The number of carboxylic acids is 1. The van der Waals surface area contributed by atoms with Gasteiger partial charge in [-0.1, -0.05) is 197 Å². The summed E-state index contributed by atoms with van der Waals surface area (Å²) < 4.78 is 13.2. The van der Waals surface area contributed by atoms with Crippen LogP contribution in [0.4, 0.5) is 0 Å². The monoisotopic (exact) mass is 1470 g/mol. The molecule has 21 heteroatoms. The van der Waals surface area contributed by atoms with Crippen LogP contribution in [0.25, 0.3) is 0 Å². The zero-order chi connectivity index (χ0) is 62.0. The SMILES string of the molecule is CSc1cc(Cl)c(CC(=O)N2CCc3ccccc3[C@@H]2C)c(Cl)c1.C[C@H]1c2ccccc2CCN1C(=O)Cc1c(Cl)cc(Br)cc1Cl.C[C@H]1c2ccccc2CCN1C(=O)Cc1c(Cl)cc(S(C)=O)cc1Cl.O=C(O)Cc1c(Cl)cc(Br)cc1Cl. The van der Waals surface area contributed by atoms with Crippen molar-refractivity contribution in [3.63, 3.8) is 0 Å². The Hall–Kier alpha value is -3.80. The first-order chi connectivity index (χ1) is 40.4. The number of hydrogen-bond acceptors (Lipinski definition) is 6. The molecule has 0 saturated heterocycles. The second kappa shape index (κ2) is 31.6. The molecule has 3 heterocycles. The van der Waals surface area contributed by atoms with Crippen LogP contribution in [0.1, 0.15) is 94.5 Å². The van der Waals surface area contributed by atoms with E-state index in [0.717, 1.165) is 46.2 Å². The van der Waals surface area contributed by atoms with E-state index in [1.165, 1.54) is 33.4 Å². The molecule has 1 N–H and O–H groups in total. The van der Waals surface area contributed by atoms with Crippen molar-refractivity contribution < 1.29 is 28.5 Å². The van der Waals surface area contributed by atoms with Crippen molar-refractivity contribution in [2.24, 2.45) is 0 Å². The van der Waals surface area contributed by atoms with Crippen molar-refractivity contribution in [2.75, 3.05) is 32.1 Å². The molecule has 0 bridgehead atoms. The van der Waals surface area contributed by atoms with Gasteiger partial charge in [0.2, 0.25) is 17.7 Å². The first kappa shape index (κ1) is 68.7. The molecule has 1 unspecified atom stereocenters. The molecule has 0 saturated carbocycles. The minimum atomic E-state index is -1.17. The van der Waals surface area contributed by atoms with Crippen LogP contribution in [0.5, 0.6) is 0 Å². The Bertz CT molecular complexity index is 3580. The first-order valence-electron chi connectivity index (χ1n) is 26.8. The first-order valence-corrected chi connectivity index (χ1v) is 34.2. The Balaban J connectivity index is 0.000000166. The molecule has 3 amide bonds. The number of halogens is 10. The maximum absolute atomic E-state index is 12.9. The molecule has 0 spiro atoms. The van der Waals surface area contributed by atoms with Crippen molar-refractivity contribution in [1.29, 1.82) is 0 Å². The van der Waals surface area contributed by atoms with Gasteiger partial charge in [0.1, 0.15) is 0 Å². The third-order valence-electron chi connectivity index (χ3n) is 15.1. The van der Waals surface area contributed by atoms with E-state index in [2.05, 4.69) is 88.2 Å². The van der Waals surface area contributed by atoms with E-state index >= 15 is 0 Å². The van der Waals surface area contributed by atoms with E-state index in [4.69, 9.17) is 97.9 Å². The summed E-state index contributed by atoms with van der Waals surface area (Å²) in [6.07, 6.45) is 6.59. The quantitative estimate of drug-likeness (QED) is 0.136. The lowest BCUT2D eigenvalue weighted by molar-refractivity contribution is -0.136. The van der Waals surface area contributed by atoms with Gasteiger partial charge in [0.25, 0.3) is 0 Å². The van der Waals surface area contributed by atoms with Crippen LogP contribution < -0.4 is 0 Å². The molecule has 85 heavy (non-hydrogen) atoms. The molecule has 448 valence electrons. The fraction of sp³-hybridized carbons (Fsp3) is 0.281. The number of carboxylic acid groups (broad SMARTS) is 1. The molecule has 3 aliphatic heterocycles. The highest BCUT2D eigenvalue weighted by Gasteiger charge is 2.31. The largest absolute Gasteiger partial charge is 0.481 e. The number of benzene rings is 7. The number of carbonyl (C=O) groups is 4. The van der Waals surface area contributed by atoms with Gasteiger partial charge in [0.15, 0.2) is 0 Å². The topological polar surface area (TPSA) is 115 Å². The van der Waals surface area contributed by atoms with Crippen molar-refractivity contribution in [3.05, 3.63) is 226 Å². The number of nitrogens with zero attached hydrogens (tertiary/aromatic N) is 3. The molecule has 7 aromatic carbocycles. The van der Waals surface area contributed by atoms with Crippen molar-refractivity contribution >= 4 is 171 Å². The average molecular weight is 1470 g/mol. The van der Waals surface area contributed by atoms with Crippen LogP contribution in [0, 0.1) is 0 Å². The van der Waals surface area contributed by atoms with Gasteiger partial charge < -0.3 is 19.8 Å². The maximum atomic E-state index is 12.9. The van der Waals surface area contributed by atoms with Gasteiger partial charge >= 0.3 is 5.97 Å². The average Bonchev–Trinajstić information content (AvgIpc) is 3.48. The summed E-state index contributed by atoms with van der Waals surface area (Å²) >= 11 is 57.5. The van der Waals surface area contributed by atoms with Crippen LogP contribution in [0.2, 0.25) is 40.2 Å². The van der Waals surface area contributed by atoms with Gasteiger partial charge in [-0.2, -0.15) is 0 Å².